The molecule has 0 saturated carbocycles. The fourth-order valence-corrected chi connectivity index (χ4v) is 4.79. The van der Waals surface area contributed by atoms with Gasteiger partial charge in [-0.2, -0.15) is 4.98 Å². The molecule has 1 fully saturated rings. The van der Waals surface area contributed by atoms with Crippen molar-refractivity contribution in [2.24, 2.45) is 0 Å². The van der Waals surface area contributed by atoms with E-state index < -0.39 is 0 Å². The fraction of sp³-hybridized carbons (Fsp3) is 0.346. The van der Waals surface area contributed by atoms with Gasteiger partial charge in [-0.05, 0) is 68.7 Å². The zero-order chi connectivity index (χ0) is 23.8. The zero-order valence-corrected chi connectivity index (χ0v) is 20.1. The van der Waals surface area contributed by atoms with Gasteiger partial charge in [-0.25, -0.2) is 4.98 Å². The van der Waals surface area contributed by atoms with Crippen LogP contribution in [0.2, 0.25) is 0 Å². The molecule has 2 aliphatic heterocycles. The van der Waals surface area contributed by atoms with Crippen molar-refractivity contribution in [2.45, 2.75) is 18.8 Å². The molecule has 2 aliphatic rings. The van der Waals surface area contributed by atoms with E-state index in [2.05, 4.69) is 34.4 Å². The number of nitrogens with one attached hydrogen (secondary N) is 1. The normalized spacial score (nSPS) is 16.6. The molecule has 8 heteroatoms. The van der Waals surface area contributed by atoms with E-state index in [0.29, 0.717) is 23.2 Å². The van der Waals surface area contributed by atoms with Crippen molar-refractivity contribution in [1.82, 2.24) is 14.9 Å². The molecule has 0 unspecified atom stereocenters. The van der Waals surface area contributed by atoms with E-state index in [4.69, 9.17) is 9.72 Å². The maximum atomic E-state index is 13.1. The molecule has 0 radical (unpaired) electrons. The monoisotopic (exact) mass is 458 g/mol. The van der Waals surface area contributed by atoms with Gasteiger partial charge in [0, 0.05) is 14.1 Å². The van der Waals surface area contributed by atoms with Crippen LogP contribution < -0.4 is 19.9 Å². The Morgan fingerprint density at radius 1 is 1.00 bits per heavy atom. The minimum Gasteiger partial charge on any atom is -0.495 e. The number of carbonyl (C=O) groups is 1. The molecule has 8 nitrogen and oxygen atoms in total. The molecule has 5 rings (SSSR count). The van der Waals surface area contributed by atoms with E-state index in [1.807, 2.05) is 42.3 Å². The van der Waals surface area contributed by atoms with E-state index >= 15 is 0 Å². The number of hydrogen-bond acceptors (Lipinski definition) is 7. The summed E-state index contributed by atoms with van der Waals surface area (Å²) in [5, 5.41) is 3.29. The quantitative estimate of drug-likeness (QED) is 0.621. The number of hydrogen-bond donors (Lipinski definition) is 1. The summed E-state index contributed by atoms with van der Waals surface area (Å²) in [6.07, 6.45) is 4.04. The van der Waals surface area contributed by atoms with Crippen molar-refractivity contribution in [1.29, 1.82) is 0 Å². The molecular weight excluding hydrogens is 428 g/mol. The fourth-order valence-electron chi connectivity index (χ4n) is 4.79. The first-order valence-corrected chi connectivity index (χ1v) is 11.6. The number of fused-ring (bicyclic) bond motifs is 2. The van der Waals surface area contributed by atoms with Crippen LogP contribution in [0.15, 0.2) is 48.7 Å². The Bertz CT molecular complexity index is 1220. The molecule has 1 saturated heterocycles. The number of ether oxygens (including phenoxy) is 1. The Morgan fingerprint density at radius 2 is 1.76 bits per heavy atom. The molecule has 34 heavy (non-hydrogen) atoms. The molecule has 3 heterocycles. The lowest BCUT2D eigenvalue weighted by Gasteiger charge is -2.29. The summed E-state index contributed by atoms with van der Waals surface area (Å²) in [6, 6.07) is 13.9. The summed E-state index contributed by atoms with van der Waals surface area (Å²) in [5.74, 6) is 2.14. The zero-order valence-electron chi connectivity index (χ0n) is 20.1. The van der Waals surface area contributed by atoms with E-state index in [-0.39, 0.29) is 5.91 Å². The number of anilines is 5. The van der Waals surface area contributed by atoms with Gasteiger partial charge in [-0.1, -0.05) is 18.2 Å². The summed E-state index contributed by atoms with van der Waals surface area (Å²) in [5.41, 5.74) is 4.30. The van der Waals surface area contributed by atoms with Gasteiger partial charge >= 0.3 is 0 Å². The highest BCUT2D eigenvalue weighted by Crippen LogP contribution is 2.39. The first-order chi connectivity index (χ1) is 16.5. The first kappa shape index (κ1) is 22.2. The average Bonchev–Trinajstić information content (AvgIpc) is 2.94. The lowest BCUT2D eigenvalue weighted by atomic mass is 9.89. The highest BCUT2D eigenvalue weighted by Gasteiger charge is 2.29. The van der Waals surface area contributed by atoms with Crippen LogP contribution in [-0.2, 0) is 0 Å². The SMILES string of the molecule is COc1cc(C2CCN(C)CC2)ccc1Nc1ncc2c(n1)N(C)C(=O)c1ccccc1N2C. The molecule has 0 aliphatic carbocycles. The molecule has 1 N–H and O–H groups in total. The van der Waals surface area contributed by atoms with Crippen LogP contribution in [0.1, 0.15) is 34.7 Å². The van der Waals surface area contributed by atoms with Crippen LogP contribution in [0, 0.1) is 0 Å². The number of carbonyl (C=O) groups excluding carboxylic acids is 1. The first-order valence-electron chi connectivity index (χ1n) is 11.6. The van der Waals surface area contributed by atoms with Crippen LogP contribution >= 0.6 is 0 Å². The molecule has 0 bridgehead atoms. The number of benzene rings is 2. The van der Waals surface area contributed by atoms with E-state index in [1.54, 1.807) is 25.3 Å². The standard InChI is InChI=1S/C26H30N6O2/c1-30-13-11-17(12-14-30)18-9-10-20(23(15-18)34-4)28-26-27-16-22-24(29-26)32(3)25(33)19-7-5-6-8-21(19)31(22)2/h5-10,15-17H,11-14H2,1-4H3,(H,27,28,29). The van der Waals surface area contributed by atoms with Crippen molar-refractivity contribution in [3.63, 3.8) is 0 Å². The number of para-hydroxylation sites is 1. The topological polar surface area (TPSA) is 73.8 Å². The summed E-state index contributed by atoms with van der Waals surface area (Å²) < 4.78 is 5.70. The molecule has 2 aromatic carbocycles. The highest BCUT2D eigenvalue weighted by molar-refractivity contribution is 6.12. The van der Waals surface area contributed by atoms with Gasteiger partial charge in [-0.15, -0.1) is 0 Å². The molecule has 3 aromatic rings. The molecule has 1 aromatic heterocycles. The third kappa shape index (κ3) is 3.94. The Balaban J connectivity index is 1.44. The van der Waals surface area contributed by atoms with Gasteiger partial charge in [-0.3, -0.25) is 9.69 Å². The summed E-state index contributed by atoms with van der Waals surface area (Å²) in [4.78, 5) is 28.3. The smallest absolute Gasteiger partial charge is 0.261 e. The third-order valence-electron chi connectivity index (χ3n) is 6.89. The van der Waals surface area contributed by atoms with Gasteiger partial charge in [0.25, 0.3) is 5.91 Å². The molecule has 176 valence electrons. The molecule has 0 spiro atoms. The number of piperidine rings is 1. The van der Waals surface area contributed by atoms with Gasteiger partial charge in [0.15, 0.2) is 5.82 Å². The van der Waals surface area contributed by atoms with E-state index in [1.165, 1.54) is 5.56 Å². The lowest BCUT2D eigenvalue weighted by molar-refractivity contribution is 0.0993. The maximum absolute atomic E-state index is 13.1. The minimum absolute atomic E-state index is 0.106. The second-order valence-corrected chi connectivity index (χ2v) is 9.01. The third-order valence-corrected chi connectivity index (χ3v) is 6.89. The van der Waals surface area contributed by atoms with Crippen molar-refractivity contribution < 1.29 is 9.53 Å². The number of likely N-dealkylation sites (tertiary alicyclic amines) is 1. The molecule has 1 amide bonds. The van der Waals surface area contributed by atoms with Crippen LogP contribution in [0.4, 0.5) is 28.8 Å². The largest absolute Gasteiger partial charge is 0.495 e. The molecular formula is C26H30N6O2. The van der Waals surface area contributed by atoms with Crippen LogP contribution in [0.3, 0.4) is 0 Å². The van der Waals surface area contributed by atoms with Crippen molar-refractivity contribution >= 4 is 34.7 Å². The van der Waals surface area contributed by atoms with Crippen LogP contribution in [0.25, 0.3) is 0 Å². The predicted molar refractivity (Wildman–Crippen MR) is 135 cm³/mol. The number of rotatable bonds is 4. The Morgan fingerprint density at radius 3 is 2.53 bits per heavy atom. The highest BCUT2D eigenvalue weighted by atomic mass is 16.5. The van der Waals surface area contributed by atoms with Gasteiger partial charge < -0.3 is 19.9 Å². The summed E-state index contributed by atoms with van der Waals surface area (Å²) >= 11 is 0. The number of aromatic nitrogens is 2. The number of nitrogens with zero attached hydrogens (tertiary/aromatic N) is 5. The lowest BCUT2D eigenvalue weighted by Crippen LogP contribution is -2.29. The maximum Gasteiger partial charge on any atom is 0.261 e. The number of amides is 1. The van der Waals surface area contributed by atoms with Gasteiger partial charge in [0.05, 0.1) is 30.2 Å². The van der Waals surface area contributed by atoms with Crippen LogP contribution in [0.5, 0.6) is 5.75 Å². The van der Waals surface area contributed by atoms with Crippen molar-refractivity contribution in [3.8, 4) is 5.75 Å². The second kappa shape index (κ2) is 8.95. The molecule has 0 atom stereocenters. The Hall–Kier alpha value is -3.65. The van der Waals surface area contributed by atoms with E-state index in [0.717, 1.165) is 48.7 Å². The van der Waals surface area contributed by atoms with Gasteiger partial charge in [0.2, 0.25) is 5.95 Å². The van der Waals surface area contributed by atoms with Crippen molar-refractivity contribution in [2.75, 3.05) is 56.5 Å². The average molecular weight is 459 g/mol. The Labute approximate surface area is 200 Å². The van der Waals surface area contributed by atoms with Crippen LogP contribution in [-0.4, -0.2) is 62.1 Å². The van der Waals surface area contributed by atoms with Gasteiger partial charge in [0.1, 0.15) is 11.4 Å². The predicted octanol–water partition coefficient (Wildman–Crippen LogP) is 4.40. The number of methoxy groups -OCH3 is 1. The minimum atomic E-state index is -0.106. The Kier molecular flexibility index (Phi) is 5.83. The summed E-state index contributed by atoms with van der Waals surface area (Å²) in [6.45, 7) is 2.22. The van der Waals surface area contributed by atoms with E-state index in [9.17, 15) is 4.79 Å². The summed E-state index contributed by atoms with van der Waals surface area (Å²) in [7, 11) is 7.51. The second-order valence-electron chi connectivity index (χ2n) is 9.01. The van der Waals surface area contributed by atoms with Crippen molar-refractivity contribution in [3.05, 3.63) is 59.8 Å².